The molecular formula is C12H15FN2. The zero-order valence-corrected chi connectivity index (χ0v) is 8.62. The van der Waals surface area contributed by atoms with Gasteiger partial charge >= 0.3 is 0 Å². The first-order valence-corrected chi connectivity index (χ1v) is 5.58. The first-order chi connectivity index (χ1) is 7.25. The van der Waals surface area contributed by atoms with Crippen molar-refractivity contribution in [3.8, 4) is 0 Å². The molecule has 1 aromatic carbocycles. The van der Waals surface area contributed by atoms with Crippen molar-refractivity contribution in [1.29, 1.82) is 0 Å². The van der Waals surface area contributed by atoms with Gasteiger partial charge in [0.25, 0.3) is 0 Å². The molecule has 0 aliphatic carbocycles. The first kappa shape index (κ1) is 9.16. The van der Waals surface area contributed by atoms with Crippen molar-refractivity contribution < 1.29 is 4.39 Å². The van der Waals surface area contributed by atoms with Crippen molar-refractivity contribution in [1.82, 2.24) is 0 Å². The Hall–Kier alpha value is -1.09. The third kappa shape index (κ3) is 1.34. The predicted molar refractivity (Wildman–Crippen MR) is 58.2 cm³/mol. The maximum Gasteiger partial charge on any atom is 0.125 e. The topological polar surface area (TPSA) is 29.3 Å². The summed E-state index contributed by atoms with van der Waals surface area (Å²) in [5.41, 5.74) is 8.36. The van der Waals surface area contributed by atoms with E-state index < -0.39 is 0 Å². The third-order valence-electron chi connectivity index (χ3n) is 3.57. The van der Waals surface area contributed by atoms with Crippen molar-refractivity contribution in [2.24, 2.45) is 5.73 Å². The summed E-state index contributed by atoms with van der Waals surface area (Å²) < 4.78 is 13.2. The van der Waals surface area contributed by atoms with Crippen molar-refractivity contribution in [2.75, 3.05) is 4.90 Å². The number of rotatable bonds is 0. The average molecular weight is 206 g/mol. The van der Waals surface area contributed by atoms with E-state index in [4.69, 9.17) is 5.73 Å². The molecule has 0 bridgehead atoms. The number of halogens is 1. The lowest BCUT2D eigenvalue weighted by Gasteiger charge is -2.37. The van der Waals surface area contributed by atoms with E-state index in [-0.39, 0.29) is 12.0 Å². The van der Waals surface area contributed by atoms with Crippen LogP contribution in [0.3, 0.4) is 0 Å². The molecule has 2 N–H and O–H groups in total. The van der Waals surface area contributed by atoms with Crippen molar-refractivity contribution in [3.63, 3.8) is 0 Å². The minimum Gasteiger partial charge on any atom is -0.353 e. The summed E-state index contributed by atoms with van der Waals surface area (Å²) in [6.45, 7) is 0. The number of hydrogen-bond donors (Lipinski definition) is 1. The molecule has 1 aromatic rings. The maximum absolute atomic E-state index is 13.2. The second-order valence-corrected chi connectivity index (χ2v) is 4.54. The molecule has 2 nitrogen and oxygen atoms in total. The number of piperidine rings is 1. The van der Waals surface area contributed by atoms with Crippen LogP contribution in [0.25, 0.3) is 0 Å². The van der Waals surface area contributed by atoms with Gasteiger partial charge in [0.2, 0.25) is 0 Å². The minimum absolute atomic E-state index is 0.0757. The van der Waals surface area contributed by atoms with Crippen LogP contribution in [0.5, 0.6) is 0 Å². The summed E-state index contributed by atoms with van der Waals surface area (Å²) in [6.07, 6.45) is 4.50. The molecule has 0 spiro atoms. The fourth-order valence-electron chi connectivity index (χ4n) is 2.89. The Morgan fingerprint density at radius 2 is 2.20 bits per heavy atom. The van der Waals surface area contributed by atoms with Gasteiger partial charge < -0.3 is 10.6 Å². The molecule has 3 heteroatoms. The van der Waals surface area contributed by atoms with Gasteiger partial charge in [-0.05, 0) is 43.4 Å². The van der Waals surface area contributed by atoms with Gasteiger partial charge in [0.15, 0.2) is 0 Å². The molecule has 0 saturated carbocycles. The van der Waals surface area contributed by atoms with Crippen LogP contribution in [0.1, 0.15) is 24.8 Å². The first-order valence-electron chi connectivity index (χ1n) is 5.58. The summed E-state index contributed by atoms with van der Waals surface area (Å²) in [6, 6.07) is 5.57. The van der Waals surface area contributed by atoms with E-state index >= 15 is 0 Å². The second kappa shape index (κ2) is 3.20. The predicted octanol–water partition coefficient (Wildman–Crippen LogP) is 2.03. The summed E-state index contributed by atoms with van der Waals surface area (Å²) in [4.78, 5) is 2.21. The van der Waals surface area contributed by atoms with E-state index in [1.165, 1.54) is 18.4 Å². The van der Waals surface area contributed by atoms with Crippen molar-refractivity contribution >= 4 is 5.69 Å². The molecule has 0 amide bonds. The fourth-order valence-corrected chi connectivity index (χ4v) is 2.89. The van der Waals surface area contributed by atoms with Crippen LogP contribution in [0, 0.1) is 5.82 Å². The van der Waals surface area contributed by atoms with Crippen LogP contribution in [-0.2, 0) is 6.42 Å². The zero-order chi connectivity index (χ0) is 10.4. The van der Waals surface area contributed by atoms with Gasteiger partial charge in [-0.25, -0.2) is 4.39 Å². The van der Waals surface area contributed by atoms with Crippen LogP contribution in [-0.4, -0.2) is 12.2 Å². The lowest BCUT2D eigenvalue weighted by Crippen LogP contribution is -2.49. The van der Waals surface area contributed by atoms with Crippen LogP contribution in [0.4, 0.5) is 10.1 Å². The van der Waals surface area contributed by atoms with Crippen LogP contribution < -0.4 is 10.6 Å². The number of nitrogens with two attached hydrogens (primary N) is 1. The van der Waals surface area contributed by atoms with Gasteiger partial charge in [-0.1, -0.05) is 6.07 Å². The van der Waals surface area contributed by atoms with Crippen LogP contribution in [0.2, 0.25) is 0 Å². The largest absolute Gasteiger partial charge is 0.353 e. The number of fused-ring (bicyclic) bond motifs is 3. The molecule has 2 heterocycles. The van der Waals surface area contributed by atoms with E-state index in [9.17, 15) is 4.39 Å². The number of nitrogens with zero attached hydrogens (tertiary/aromatic N) is 1. The Bertz CT molecular complexity index is 391. The molecule has 2 aliphatic rings. The summed E-state index contributed by atoms with van der Waals surface area (Å²) in [5.74, 6) is -0.160. The number of hydrogen-bond acceptors (Lipinski definition) is 2. The molecule has 80 valence electrons. The Kier molecular flexibility index (Phi) is 1.96. The highest BCUT2D eigenvalue weighted by molar-refractivity contribution is 5.60. The average Bonchev–Trinajstić information content (AvgIpc) is 2.57. The summed E-state index contributed by atoms with van der Waals surface area (Å²) in [7, 11) is 0. The molecular weight excluding hydrogens is 191 g/mol. The molecule has 0 aromatic heterocycles. The number of anilines is 1. The number of benzene rings is 1. The monoisotopic (exact) mass is 206 g/mol. The summed E-state index contributed by atoms with van der Waals surface area (Å²) in [5, 5.41) is 0. The van der Waals surface area contributed by atoms with E-state index in [1.54, 1.807) is 12.1 Å². The Morgan fingerprint density at radius 3 is 3.07 bits per heavy atom. The summed E-state index contributed by atoms with van der Waals surface area (Å²) >= 11 is 0. The molecule has 2 unspecified atom stereocenters. The second-order valence-electron chi connectivity index (χ2n) is 4.54. The third-order valence-corrected chi connectivity index (χ3v) is 3.57. The Labute approximate surface area is 88.9 Å². The van der Waals surface area contributed by atoms with Crippen molar-refractivity contribution in [3.05, 3.63) is 29.6 Å². The quantitative estimate of drug-likeness (QED) is 0.703. The normalized spacial score (nSPS) is 28.8. The molecule has 2 aliphatic heterocycles. The molecule has 15 heavy (non-hydrogen) atoms. The Balaban J connectivity index is 2.04. The lowest BCUT2D eigenvalue weighted by atomic mass is 10.00. The zero-order valence-electron chi connectivity index (χ0n) is 8.62. The van der Waals surface area contributed by atoms with Crippen LogP contribution in [0.15, 0.2) is 18.2 Å². The van der Waals surface area contributed by atoms with E-state index in [0.717, 1.165) is 18.5 Å². The van der Waals surface area contributed by atoms with Crippen molar-refractivity contribution in [2.45, 2.75) is 37.9 Å². The molecule has 1 saturated heterocycles. The van der Waals surface area contributed by atoms with Gasteiger partial charge in [0.05, 0.1) is 6.17 Å². The molecule has 2 atom stereocenters. The molecule has 0 radical (unpaired) electrons. The maximum atomic E-state index is 13.2. The van der Waals surface area contributed by atoms with Gasteiger partial charge in [-0.3, -0.25) is 0 Å². The van der Waals surface area contributed by atoms with E-state index in [2.05, 4.69) is 4.90 Å². The fraction of sp³-hybridized carbons (Fsp3) is 0.500. The smallest absolute Gasteiger partial charge is 0.125 e. The SMILES string of the molecule is NC1CCCC2Cc3ccc(F)cc3N12. The van der Waals surface area contributed by atoms with Crippen LogP contribution >= 0.6 is 0 Å². The standard InChI is InChI=1S/C12H15FN2/c13-9-5-4-8-6-10-2-1-3-12(14)15(10)11(8)7-9/h4-5,7,10,12H,1-3,6,14H2. The molecule has 3 rings (SSSR count). The van der Waals surface area contributed by atoms with Gasteiger partial charge in [-0.15, -0.1) is 0 Å². The molecule has 1 fully saturated rings. The highest BCUT2D eigenvalue weighted by Crippen LogP contribution is 2.38. The highest BCUT2D eigenvalue weighted by atomic mass is 19.1. The van der Waals surface area contributed by atoms with E-state index in [1.807, 2.05) is 6.07 Å². The van der Waals surface area contributed by atoms with Gasteiger partial charge in [-0.2, -0.15) is 0 Å². The van der Waals surface area contributed by atoms with Gasteiger partial charge in [0, 0.05) is 11.7 Å². The highest BCUT2D eigenvalue weighted by Gasteiger charge is 2.35. The minimum atomic E-state index is -0.160. The van der Waals surface area contributed by atoms with E-state index in [0.29, 0.717) is 6.04 Å². The van der Waals surface area contributed by atoms with Gasteiger partial charge in [0.1, 0.15) is 5.82 Å². The Morgan fingerprint density at radius 1 is 1.33 bits per heavy atom. The lowest BCUT2D eigenvalue weighted by molar-refractivity contribution is 0.401.